The van der Waals surface area contributed by atoms with Crippen LogP contribution >= 0.6 is 0 Å². The number of hydrogen-bond acceptors (Lipinski definition) is 2. The third-order valence-electron chi connectivity index (χ3n) is 2.32. The summed E-state index contributed by atoms with van der Waals surface area (Å²) in [5, 5.41) is 3.02. The molecule has 0 amide bonds. The normalized spacial score (nSPS) is 13.8. The lowest BCUT2D eigenvalue weighted by Crippen LogP contribution is -2.22. The van der Waals surface area contributed by atoms with E-state index in [2.05, 4.69) is 10.3 Å². The number of alkyl halides is 3. The fourth-order valence-corrected chi connectivity index (χ4v) is 1.48. The lowest BCUT2D eigenvalue weighted by molar-refractivity contribution is -0.138. The molecule has 0 spiro atoms. The van der Waals surface area contributed by atoms with Crippen molar-refractivity contribution < 1.29 is 13.2 Å². The van der Waals surface area contributed by atoms with Crippen molar-refractivity contribution in [2.75, 3.05) is 6.54 Å². The van der Waals surface area contributed by atoms with Gasteiger partial charge in [0.2, 0.25) is 0 Å². The Morgan fingerprint density at radius 3 is 2.69 bits per heavy atom. The van der Waals surface area contributed by atoms with Gasteiger partial charge in [0.05, 0.1) is 5.56 Å². The number of pyridine rings is 1. The average molecular weight is 232 g/mol. The molecule has 1 aromatic rings. The summed E-state index contributed by atoms with van der Waals surface area (Å²) in [5.41, 5.74) is -0.415. The van der Waals surface area contributed by atoms with Crippen molar-refractivity contribution in [3.8, 4) is 0 Å². The lowest BCUT2D eigenvalue weighted by atomic mass is 10.0. The Bertz CT molecular complexity index is 336. The van der Waals surface area contributed by atoms with E-state index >= 15 is 0 Å². The van der Waals surface area contributed by atoms with Crippen molar-refractivity contribution in [1.29, 1.82) is 0 Å². The van der Waals surface area contributed by atoms with Crippen molar-refractivity contribution in [2.45, 2.75) is 32.5 Å². The van der Waals surface area contributed by atoms with Crippen molar-refractivity contribution >= 4 is 0 Å². The third-order valence-corrected chi connectivity index (χ3v) is 2.32. The van der Waals surface area contributed by atoms with Crippen LogP contribution in [0.15, 0.2) is 18.5 Å². The first-order valence-corrected chi connectivity index (χ1v) is 5.21. The summed E-state index contributed by atoms with van der Waals surface area (Å²) in [6.45, 7) is 4.36. The monoisotopic (exact) mass is 232 g/mol. The Balaban J connectivity index is 2.94. The molecular formula is C11H15F3N2. The highest BCUT2D eigenvalue weighted by atomic mass is 19.4. The second-order valence-corrected chi connectivity index (χ2v) is 3.64. The van der Waals surface area contributed by atoms with Crippen LogP contribution in [-0.4, -0.2) is 11.5 Å². The van der Waals surface area contributed by atoms with Gasteiger partial charge < -0.3 is 5.32 Å². The van der Waals surface area contributed by atoms with Crippen LogP contribution in [0.5, 0.6) is 0 Å². The molecule has 5 heteroatoms. The maximum absolute atomic E-state index is 12.7. The van der Waals surface area contributed by atoms with E-state index in [1.807, 2.05) is 6.92 Å². The van der Waals surface area contributed by atoms with E-state index in [-0.39, 0.29) is 11.6 Å². The predicted molar refractivity (Wildman–Crippen MR) is 55.9 cm³/mol. The first-order valence-electron chi connectivity index (χ1n) is 5.21. The molecule has 0 aliphatic rings. The van der Waals surface area contributed by atoms with Crippen LogP contribution < -0.4 is 5.32 Å². The topological polar surface area (TPSA) is 24.9 Å². The Morgan fingerprint density at radius 2 is 2.12 bits per heavy atom. The SMILES string of the molecule is CCCNC(C)c1cnccc1C(F)(F)F. The molecule has 1 N–H and O–H groups in total. The molecule has 0 saturated carbocycles. The summed E-state index contributed by atoms with van der Waals surface area (Å²) in [6, 6.07) is 0.671. The Morgan fingerprint density at radius 1 is 1.44 bits per heavy atom. The van der Waals surface area contributed by atoms with Gasteiger partial charge in [-0.1, -0.05) is 6.92 Å². The van der Waals surface area contributed by atoms with Gasteiger partial charge in [0.15, 0.2) is 0 Å². The van der Waals surface area contributed by atoms with Gasteiger partial charge in [-0.05, 0) is 31.5 Å². The maximum atomic E-state index is 12.7. The minimum atomic E-state index is -4.32. The van der Waals surface area contributed by atoms with Gasteiger partial charge in [0, 0.05) is 18.4 Å². The Labute approximate surface area is 92.9 Å². The molecule has 0 aliphatic carbocycles. The van der Waals surface area contributed by atoms with Gasteiger partial charge >= 0.3 is 6.18 Å². The van der Waals surface area contributed by atoms with Gasteiger partial charge in [-0.25, -0.2) is 0 Å². The largest absolute Gasteiger partial charge is 0.416 e. The zero-order chi connectivity index (χ0) is 12.2. The fraction of sp³-hybridized carbons (Fsp3) is 0.545. The molecule has 1 aromatic heterocycles. The molecule has 1 rings (SSSR count). The highest BCUT2D eigenvalue weighted by molar-refractivity contribution is 5.28. The van der Waals surface area contributed by atoms with Crippen LogP contribution in [0.3, 0.4) is 0 Å². The van der Waals surface area contributed by atoms with E-state index in [1.165, 1.54) is 12.4 Å². The number of aromatic nitrogens is 1. The molecule has 0 radical (unpaired) electrons. The molecule has 16 heavy (non-hydrogen) atoms. The van der Waals surface area contributed by atoms with Gasteiger partial charge in [-0.15, -0.1) is 0 Å². The van der Waals surface area contributed by atoms with E-state index in [9.17, 15) is 13.2 Å². The van der Waals surface area contributed by atoms with Crippen LogP contribution in [0.2, 0.25) is 0 Å². The molecule has 1 unspecified atom stereocenters. The lowest BCUT2D eigenvalue weighted by Gasteiger charge is -2.18. The fourth-order valence-electron chi connectivity index (χ4n) is 1.48. The highest BCUT2D eigenvalue weighted by Crippen LogP contribution is 2.33. The zero-order valence-corrected chi connectivity index (χ0v) is 9.30. The quantitative estimate of drug-likeness (QED) is 0.862. The number of nitrogens with one attached hydrogen (secondary N) is 1. The molecule has 1 atom stereocenters. The predicted octanol–water partition coefficient (Wildman–Crippen LogP) is 3.16. The summed E-state index contributed by atoms with van der Waals surface area (Å²) in [5.74, 6) is 0. The van der Waals surface area contributed by atoms with Crippen molar-refractivity contribution in [3.05, 3.63) is 29.6 Å². The summed E-state index contributed by atoms with van der Waals surface area (Å²) in [4.78, 5) is 3.75. The molecule has 1 heterocycles. The minimum Gasteiger partial charge on any atom is -0.310 e. The van der Waals surface area contributed by atoms with Crippen molar-refractivity contribution in [3.63, 3.8) is 0 Å². The molecule has 0 aliphatic heterocycles. The van der Waals surface area contributed by atoms with E-state index in [0.29, 0.717) is 6.54 Å². The van der Waals surface area contributed by atoms with E-state index in [1.54, 1.807) is 6.92 Å². The highest BCUT2D eigenvalue weighted by Gasteiger charge is 2.34. The standard InChI is InChI=1S/C11H15F3N2/c1-3-5-16-8(2)9-7-15-6-4-10(9)11(12,13)14/h4,6-8,16H,3,5H2,1-2H3. The molecule has 0 saturated heterocycles. The Kier molecular flexibility index (Phi) is 4.29. The Hall–Kier alpha value is -1.10. The van der Waals surface area contributed by atoms with Crippen molar-refractivity contribution in [1.82, 2.24) is 10.3 Å². The van der Waals surface area contributed by atoms with Crippen LogP contribution in [-0.2, 0) is 6.18 Å². The minimum absolute atomic E-state index is 0.198. The zero-order valence-electron chi connectivity index (χ0n) is 9.30. The van der Waals surface area contributed by atoms with Crippen LogP contribution in [0.4, 0.5) is 13.2 Å². The summed E-state index contributed by atoms with van der Waals surface area (Å²) < 4.78 is 38.0. The number of halogens is 3. The number of hydrogen-bond donors (Lipinski definition) is 1. The van der Waals surface area contributed by atoms with Gasteiger partial charge in [-0.2, -0.15) is 13.2 Å². The first kappa shape index (κ1) is 13.0. The third kappa shape index (κ3) is 3.20. The molecule has 0 bridgehead atoms. The second-order valence-electron chi connectivity index (χ2n) is 3.64. The molecule has 2 nitrogen and oxygen atoms in total. The molecular weight excluding hydrogens is 217 g/mol. The maximum Gasteiger partial charge on any atom is 0.416 e. The van der Waals surface area contributed by atoms with E-state index < -0.39 is 11.7 Å². The number of rotatable bonds is 4. The van der Waals surface area contributed by atoms with Crippen LogP contribution in [0.1, 0.15) is 37.4 Å². The second kappa shape index (κ2) is 5.30. The summed E-state index contributed by atoms with van der Waals surface area (Å²) >= 11 is 0. The van der Waals surface area contributed by atoms with Crippen LogP contribution in [0.25, 0.3) is 0 Å². The van der Waals surface area contributed by atoms with Gasteiger partial charge in [0.25, 0.3) is 0 Å². The van der Waals surface area contributed by atoms with E-state index in [0.717, 1.165) is 12.5 Å². The van der Waals surface area contributed by atoms with Gasteiger partial charge in [-0.3, -0.25) is 4.98 Å². The van der Waals surface area contributed by atoms with E-state index in [4.69, 9.17) is 0 Å². The van der Waals surface area contributed by atoms with Crippen molar-refractivity contribution in [2.24, 2.45) is 0 Å². The number of nitrogens with zero attached hydrogens (tertiary/aromatic N) is 1. The average Bonchev–Trinajstić information content (AvgIpc) is 2.24. The summed E-state index contributed by atoms with van der Waals surface area (Å²) in [7, 11) is 0. The van der Waals surface area contributed by atoms with Gasteiger partial charge in [0.1, 0.15) is 0 Å². The first-order chi connectivity index (χ1) is 7.46. The smallest absolute Gasteiger partial charge is 0.310 e. The molecule has 0 fully saturated rings. The summed E-state index contributed by atoms with van der Waals surface area (Å²) in [6.07, 6.45) is -0.999. The molecule has 0 aromatic carbocycles. The molecule has 90 valence electrons. The van der Waals surface area contributed by atoms with Crippen LogP contribution in [0, 0.1) is 0 Å².